The minimum absolute atomic E-state index is 0.150. The minimum Gasteiger partial charge on any atom is -0.457 e. The fourth-order valence-electron chi connectivity index (χ4n) is 2.37. The van der Waals surface area contributed by atoms with Crippen molar-refractivity contribution >= 4 is 58.2 Å². The molecule has 1 amide bonds. The molecule has 0 aliphatic heterocycles. The highest BCUT2D eigenvalue weighted by molar-refractivity contribution is 7.80. The van der Waals surface area contributed by atoms with Crippen LogP contribution in [0.3, 0.4) is 0 Å². The van der Waals surface area contributed by atoms with Crippen LogP contribution in [0.25, 0.3) is 17.4 Å². The molecule has 1 heterocycles. The van der Waals surface area contributed by atoms with Crippen molar-refractivity contribution in [3.63, 3.8) is 0 Å². The molecule has 0 aliphatic carbocycles. The lowest BCUT2D eigenvalue weighted by molar-refractivity contribution is -0.115. The van der Waals surface area contributed by atoms with Crippen molar-refractivity contribution in [1.29, 1.82) is 0 Å². The van der Waals surface area contributed by atoms with E-state index in [1.807, 2.05) is 37.3 Å². The Morgan fingerprint density at radius 2 is 1.86 bits per heavy atom. The standard InChI is InChI=1S/C21H16Cl2N2O2S/c1-13-6-7-14(12-17(13)23)19-10-8-15(27-19)9-11-20(26)25-21(28)24-18-5-3-2-4-16(18)22/h2-12H,1H3,(H2,24,25,26,28)/b11-9+. The Morgan fingerprint density at radius 1 is 1.07 bits per heavy atom. The molecule has 3 rings (SSSR count). The summed E-state index contributed by atoms with van der Waals surface area (Å²) in [4.78, 5) is 12.0. The number of amides is 1. The second-order valence-corrected chi connectivity index (χ2v) is 7.15. The molecule has 0 spiro atoms. The second-order valence-electron chi connectivity index (χ2n) is 5.92. The summed E-state index contributed by atoms with van der Waals surface area (Å²) < 4.78 is 5.74. The zero-order valence-corrected chi connectivity index (χ0v) is 17.2. The molecule has 3 aromatic rings. The zero-order valence-electron chi connectivity index (χ0n) is 14.8. The van der Waals surface area contributed by atoms with E-state index < -0.39 is 0 Å². The van der Waals surface area contributed by atoms with E-state index in [-0.39, 0.29) is 11.0 Å². The van der Waals surface area contributed by atoms with Gasteiger partial charge in [0.2, 0.25) is 5.91 Å². The fourth-order valence-corrected chi connectivity index (χ4v) is 2.95. The number of rotatable bonds is 4. The maximum Gasteiger partial charge on any atom is 0.250 e. The fraction of sp³-hybridized carbons (Fsp3) is 0.0476. The average Bonchev–Trinajstić information content (AvgIpc) is 3.13. The Morgan fingerprint density at radius 3 is 2.61 bits per heavy atom. The highest BCUT2D eigenvalue weighted by Gasteiger charge is 2.07. The molecule has 0 unspecified atom stereocenters. The molecular weight excluding hydrogens is 415 g/mol. The lowest BCUT2D eigenvalue weighted by Gasteiger charge is -2.09. The number of thiocarbonyl (C=S) groups is 1. The predicted octanol–water partition coefficient (Wildman–Crippen LogP) is 6.09. The minimum atomic E-state index is -0.388. The highest BCUT2D eigenvalue weighted by Crippen LogP contribution is 2.27. The number of furan rings is 1. The van der Waals surface area contributed by atoms with E-state index in [2.05, 4.69) is 10.6 Å². The number of benzene rings is 2. The van der Waals surface area contributed by atoms with E-state index in [0.29, 0.717) is 27.3 Å². The van der Waals surface area contributed by atoms with Crippen LogP contribution in [-0.2, 0) is 4.79 Å². The van der Waals surface area contributed by atoms with Crippen molar-refractivity contribution in [3.8, 4) is 11.3 Å². The Hall–Kier alpha value is -2.60. The first-order chi connectivity index (χ1) is 13.4. The molecule has 2 N–H and O–H groups in total. The Kier molecular flexibility index (Phi) is 6.52. The molecule has 4 nitrogen and oxygen atoms in total. The van der Waals surface area contributed by atoms with Gasteiger partial charge in [-0.25, -0.2) is 0 Å². The number of halogens is 2. The second kappa shape index (κ2) is 9.06. The number of carbonyl (C=O) groups excluding carboxylic acids is 1. The summed E-state index contributed by atoms with van der Waals surface area (Å²) in [5, 5.41) is 6.76. The van der Waals surface area contributed by atoms with Gasteiger partial charge in [-0.2, -0.15) is 0 Å². The normalized spacial score (nSPS) is 10.8. The van der Waals surface area contributed by atoms with Crippen molar-refractivity contribution in [2.45, 2.75) is 6.92 Å². The maximum absolute atomic E-state index is 12.0. The number of aryl methyl sites for hydroxylation is 1. The molecule has 0 bridgehead atoms. The number of hydrogen-bond donors (Lipinski definition) is 2. The van der Waals surface area contributed by atoms with Gasteiger partial charge in [-0.1, -0.05) is 47.5 Å². The van der Waals surface area contributed by atoms with E-state index in [4.69, 9.17) is 39.8 Å². The van der Waals surface area contributed by atoms with Gasteiger partial charge in [0.1, 0.15) is 11.5 Å². The Bertz CT molecular complexity index is 1060. The van der Waals surface area contributed by atoms with Crippen molar-refractivity contribution in [3.05, 3.63) is 82.0 Å². The third-order valence-electron chi connectivity index (χ3n) is 3.84. The van der Waals surface area contributed by atoms with E-state index >= 15 is 0 Å². The lowest BCUT2D eigenvalue weighted by atomic mass is 10.1. The molecule has 0 atom stereocenters. The van der Waals surface area contributed by atoms with Gasteiger partial charge >= 0.3 is 0 Å². The van der Waals surface area contributed by atoms with E-state index in [1.165, 1.54) is 6.08 Å². The Balaban J connectivity index is 1.60. The molecule has 2 aromatic carbocycles. The van der Waals surface area contributed by atoms with Crippen LogP contribution in [0.15, 0.2) is 65.1 Å². The molecule has 0 radical (unpaired) electrons. The summed E-state index contributed by atoms with van der Waals surface area (Å²) in [7, 11) is 0. The molecule has 7 heteroatoms. The van der Waals surface area contributed by atoms with Crippen LogP contribution in [0.2, 0.25) is 10.0 Å². The third-order valence-corrected chi connectivity index (χ3v) is 4.78. The molecule has 0 aliphatic rings. The van der Waals surface area contributed by atoms with Crippen LogP contribution in [0.5, 0.6) is 0 Å². The topological polar surface area (TPSA) is 54.3 Å². The summed E-state index contributed by atoms with van der Waals surface area (Å²) in [6.45, 7) is 1.94. The van der Waals surface area contributed by atoms with Crippen LogP contribution in [0.1, 0.15) is 11.3 Å². The van der Waals surface area contributed by atoms with Gasteiger partial charge in [-0.3, -0.25) is 10.1 Å². The van der Waals surface area contributed by atoms with Gasteiger partial charge in [0.25, 0.3) is 0 Å². The van der Waals surface area contributed by atoms with Gasteiger partial charge in [-0.15, -0.1) is 0 Å². The number of carbonyl (C=O) groups is 1. The smallest absolute Gasteiger partial charge is 0.250 e. The first-order valence-electron chi connectivity index (χ1n) is 8.33. The largest absolute Gasteiger partial charge is 0.457 e. The lowest BCUT2D eigenvalue weighted by Crippen LogP contribution is -2.32. The van der Waals surface area contributed by atoms with Gasteiger partial charge in [-0.05, 0) is 61.1 Å². The molecule has 1 aromatic heterocycles. The summed E-state index contributed by atoms with van der Waals surface area (Å²) in [6, 6.07) is 16.4. The van der Waals surface area contributed by atoms with Gasteiger partial charge < -0.3 is 9.73 Å². The van der Waals surface area contributed by atoms with Crippen molar-refractivity contribution in [2.75, 3.05) is 5.32 Å². The maximum atomic E-state index is 12.0. The number of para-hydroxylation sites is 1. The van der Waals surface area contributed by atoms with Gasteiger partial charge in [0.15, 0.2) is 5.11 Å². The SMILES string of the molecule is Cc1ccc(-c2ccc(/C=C/C(=O)NC(=S)Nc3ccccc3Cl)o2)cc1Cl. The highest BCUT2D eigenvalue weighted by atomic mass is 35.5. The number of anilines is 1. The van der Waals surface area contributed by atoms with Crippen molar-refractivity contribution < 1.29 is 9.21 Å². The van der Waals surface area contributed by atoms with E-state index in [9.17, 15) is 4.79 Å². The average molecular weight is 431 g/mol. The predicted molar refractivity (Wildman–Crippen MR) is 119 cm³/mol. The monoisotopic (exact) mass is 430 g/mol. The Labute approximate surface area is 178 Å². The molecule has 28 heavy (non-hydrogen) atoms. The van der Waals surface area contributed by atoms with E-state index in [1.54, 1.807) is 30.3 Å². The summed E-state index contributed by atoms with van der Waals surface area (Å²) in [5.74, 6) is 0.811. The van der Waals surface area contributed by atoms with Gasteiger partial charge in [0.05, 0.1) is 10.7 Å². The third kappa shape index (κ3) is 5.23. The first kappa shape index (κ1) is 20.1. The number of nitrogens with one attached hydrogen (secondary N) is 2. The summed E-state index contributed by atoms with van der Waals surface area (Å²) in [6.07, 6.45) is 2.90. The van der Waals surface area contributed by atoms with Gasteiger partial charge in [0, 0.05) is 16.7 Å². The molecule has 142 valence electrons. The summed E-state index contributed by atoms with van der Waals surface area (Å²) >= 11 is 17.3. The van der Waals surface area contributed by atoms with Crippen LogP contribution in [-0.4, -0.2) is 11.0 Å². The van der Waals surface area contributed by atoms with Crippen LogP contribution >= 0.6 is 35.4 Å². The molecule has 0 saturated heterocycles. The van der Waals surface area contributed by atoms with E-state index in [0.717, 1.165) is 11.1 Å². The first-order valence-corrected chi connectivity index (χ1v) is 9.50. The number of hydrogen-bond acceptors (Lipinski definition) is 3. The van der Waals surface area contributed by atoms with Crippen molar-refractivity contribution in [1.82, 2.24) is 5.32 Å². The molecule has 0 saturated carbocycles. The van der Waals surface area contributed by atoms with Crippen molar-refractivity contribution in [2.24, 2.45) is 0 Å². The zero-order chi connectivity index (χ0) is 20.1. The quantitative estimate of drug-likeness (QED) is 0.388. The summed E-state index contributed by atoms with van der Waals surface area (Å²) in [5.41, 5.74) is 2.48. The molecule has 0 fully saturated rings. The van der Waals surface area contributed by atoms with Crippen LogP contribution in [0.4, 0.5) is 5.69 Å². The van der Waals surface area contributed by atoms with Crippen LogP contribution < -0.4 is 10.6 Å². The molecular formula is C21H16Cl2N2O2S. The van der Waals surface area contributed by atoms with Crippen LogP contribution in [0, 0.1) is 6.92 Å².